The summed E-state index contributed by atoms with van der Waals surface area (Å²) in [5.41, 5.74) is 3.86. The summed E-state index contributed by atoms with van der Waals surface area (Å²) in [7, 11) is 0. The monoisotopic (exact) mass is 301 g/mol. The predicted octanol–water partition coefficient (Wildman–Crippen LogP) is 3.43. The van der Waals surface area contributed by atoms with Gasteiger partial charge in [-0.3, -0.25) is 0 Å². The van der Waals surface area contributed by atoms with Gasteiger partial charge in [0.1, 0.15) is 0 Å². The molecule has 4 heteroatoms. The molecule has 1 fully saturated rings. The van der Waals surface area contributed by atoms with Gasteiger partial charge in [-0.05, 0) is 56.1 Å². The van der Waals surface area contributed by atoms with Gasteiger partial charge in [0.25, 0.3) is 0 Å². The summed E-state index contributed by atoms with van der Waals surface area (Å²) < 4.78 is 0. The van der Waals surface area contributed by atoms with E-state index in [1.807, 2.05) is 0 Å². The Labute approximate surface area is 131 Å². The maximum absolute atomic E-state index is 5.37. The molecule has 0 spiro atoms. The fourth-order valence-corrected chi connectivity index (χ4v) is 3.39. The molecule has 1 aliphatic carbocycles. The topological polar surface area (TPSA) is 39.9 Å². The van der Waals surface area contributed by atoms with E-state index in [-0.39, 0.29) is 0 Å². The van der Waals surface area contributed by atoms with Gasteiger partial charge in [0.05, 0.1) is 0 Å². The van der Waals surface area contributed by atoms with E-state index in [0.29, 0.717) is 6.04 Å². The van der Waals surface area contributed by atoms with Crippen LogP contribution in [-0.2, 0) is 6.42 Å². The number of benzene rings is 1. The van der Waals surface area contributed by atoms with Crippen LogP contribution < -0.4 is 10.6 Å². The molecular formula is C17H23N3S. The van der Waals surface area contributed by atoms with Gasteiger partial charge >= 0.3 is 0 Å². The first-order valence-electron chi connectivity index (χ1n) is 7.83. The number of hydrogen-bond acceptors (Lipinski definition) is 1. The summed E-state index contributed by atoms with van der Waals surface area (Å²) >= 11 is 5.37. The van der Waals surface area contributed by atoms with Crippen molar-refractivity contribution in [1.29, 1.82) is 0 Å². The Morgan fingerprint density at radius 2 is 2.14 bits per heavy atom. The van der Waals surface area contributed by atoms with Crippen molar-refractivity contribution in [2.45, 2.75) is 45.1 Å². The SMILES string of the molecule is Cc1ccc2[nH]cc(CCNC(=S)NC3CCCC3)c2c1. The largest absolute Gasteiger partial charge is 0.362 e. The maximum atomic E-state index is 5.37. The van der Waals surface area contributed by atoms with Gasteiger partial charge in [-0.25, -0.2) is 0 Å². The molecule has 3 nitrogen and oxygen atoms in total. The average Bonchev–Trinajstić information content (AvgIpc) is 3.09. The van der Waals surface area contributed by atoms with E-state index < -0.39 is 0 Å². The molecular weight excluding hydrogens is 278 g/mol. The standard InChI is InChI=1S/C17H23N3S/c1-12-6-7-16-15(10-12)13(11-19-16)8-9-18-17(21)20-14-4-2-3-5-14/h6-7,10-11,14,19H,2-5,8-9H2,1H3,(H2,18,20,21). The first-order valence-corrected chi connectivity index (χ1v) is 8.24. The van der Waals surface area contributed by atoms with Crippen LogP contribution in [0.15, 0.2) is 24.4 Å². The zero-order valence-electron chi connectivity index (χ0n) is 12.5. The molecule has 1 aliphatic rings. The number of aromatic nitrogens is 1. The smallest absolute Gasteiger partial charge is 0.166 e. The molecule has 0 atom stereocenters. The van der Waals surface area contributed by atoms with E-state index in [1.165, 1.54) is 47.7 Å². The second-order valence-corrected chi connectivity index (χ2v) is 6.40. The molecule has 1 aromatic heterocycles. The number of nitrogens with one attached hydrogen (secondary N) is 3. The van der Waals surface area contributed by atoms with E-state index in [0.717, 1.165) is 18.1 Å². The van der Waals surface area contributed by atoms with E-state index in [4.69, 9.17) is 12.2 Å². The number of rotatable bonds is 4. The van der Waals surface area contributed by atoms with Crippen LogP contribution in [0.4, 0.5) is 0 Å². The lowest BCUT2D eigenvalue weighted by Crippen LogP contribution is -2.41. The molecule has 0 unspecified atom stereocenters. The Balaban J connectivity index is 1.52. The minimum absolute atomic E-state index is 0.584. The predicted molar refractivity (Wildman–Crippen MR) is 92.7 cm³/mol. The number of H-pyrrole nitrogens is 1. The first-order chi connectivity index (χ1) is 10.2. The lowest BCUT2D eigenvalue weighted by Gasteiger charge is -2.15. The normalized spacial score (nSPS) is 15.5. The van der Waals surface area contributed by atoms with Crippen LogP contribution in [0.3, 0.4) is 0 Å². The Morgan fingerprint density at radius 1 is 1.33 bits per heavy atom. The van der Waals surface area contributed by atoms with Crippen molar-refractivity contribution in [3.05, 3.63) is 35.5 Å². The quantitative estimate of drug-likeness (QED) is 0.758. The highest BCUT2D eigenvalue weighted by molar-refractivity contribution is 7.80. The Kier molecular flexibility index (Phi) is 4.44. The fourth-order valence-electron chi connectivity index (χ4n) is 3.12. The van der Waals surface area contributed by atoms with Gasteiger partial charge in [0, 0.05) is 29.7 Å². The summed E-state index contributed by atoms with van der Waals surface area (Å²) in [5.74, 6) is 0. The van der Waals surface area contributed by atoms with Crippen molar-refractivity contribution >= 4 is 28.2 Å². The van der Waals surface area contributed by atoms with Crippen molar-refractivity contribution in [2.24, 2.45) is 0 Å². The first kappa shape index (κ1) is 14.4. The third-order valence-electron chi connectivity index (χ3n) is 4.29. The van der Waals surface area contributed by atoms with Gasteiger partial charge in [0.15, 0.2) is 5.11 Å². The third kappa shape index (κ3) is 3.56. The van der Waals surface area contributed by atoms with Crippen LogP contribution in [0.2, 0.25) is 0 Å². The molecule has 1 saturated carbocycles. The van der Waals surface area contributed by atoms with Gasteiger partial charge < -0.3 is 15.6 Å². The molecule has 21 heavy (non-hydrogen) atoms. The Hall–Kier alpha value is -1.55. The average molecular weight is 301 g/mol. The van der Waals surface area contributed by atoms with E-state index in [1.54, 1.807) is 0 Å². The zero-order chi connectivity index (χ0) is 14.7. The lowest BCUT2D eigenvalue weighted by molar-refractivity contribution is 0.621. The fraction of sp³-hybridized carbons (Fsp3) is 0.471. The van der Waals surface area contributed by atoms with Crippen molar-refractivity contribution < 1.29 is 0 Å². The van der Waals surface area contributed by atoms with Crippen molar-refractivity contribution in [1.82, 2.24) is 15.6 Å². The molecule has 0 saturated heterocycles. The highest BCUT2D eigenvalue weighted by atomic mass is 32.1. The molecule has 0 radical (unpaired) electrons. The van der Waals surface area contributed by atoms with Crippen LogP contribution >= 0.6 is 12.2 Å². The van der Waals surface area contributed by atoms with Crippen molar-refractivity contribution in [2.75, 3.05) is 6.54 Å². The molecule has 1 aromatic carbocycles. The minimum Gasteiger partial charge on any atom is -0.362 e. The summed E-state index contributed by atoms with van der Waals surface area (Å²) in [6.07, 6.45) is 8.26. The lowest BCUT2D eigenvalue weighted by atomic mass is 10.1. The molecule has 112 valence electrons. The van der Waals surface area contributed by atoms with Gasteiger partial charge in [0.2, 0.25) is 0 Å². The van der Waals surface area contributed by atoms with Crippen LogP contribution in [0.1, 0.15) is 36.8 Å². The number of aromatic amines is 1. The highest BCUT2D eigenvalue weighted by Gasteiger charge is 2.15. The van der Waals surface area contributed by atoms with Crippen LogP contribution in [-0.4, -0.2) is 22.7 Å². The van der Waals surface area contributed by atoms with Crippen molar-refractivity contribution in [3.63, 3.8) is 0 Å². The summed E-state index contributed by atoms with van der Waals surface area (Å²) in [6, 6.07) is 7.12. The highest BCUT2D eigenvalue weighted by Crippen LogP contribution is 2.20. The number of aryl methyl sites for hydroxylation is 1. The van der Waals surface area contributed by atoms with E-state index in [2.05, 4.69) is 46.9 Å². The van der Waals surface area contributed by atoms with Crippen LogP contribution in [0, 0.1) is 6.92 Å². The molecule has 0 bridgehead atoms. The van der Waals surface area contributed by atoms with E-state index in [9.17, 15) is 0 Å². The molecule has 3 rings (SSSR count). The van der Waals surface area contributed by atoms with Crippen LogP contribution in [0.25, 0.3) is 10.9 Å². The summed E-state index contributed by atoms with van der Waals surface area (Å²) in [5, 5.41) is 8.88. The van der Waals surface area contributed by atoms with E-state index >= 15 is 0 Å². The molecule has 0 amide bonds. The Bertz CT molecular complexity index is 626. The molecule has 0 aliphatic heterocycles. The number of hydrogen-bond donors (Lipinski definition) is 3. The molecule has 3 N–H and O–H groups in total. The van der Waals surface area contributed by atoms with Crippen LogP contribution in [0.5, 0.6) is 0 Å². The molecule has 1 heterocycles. The third-order valence-corrected chi connectivity index (χ3v) is 4.56. The van der Waals surface area contributed by atoms with Gasteiger partial charge in [-0.15, -0.1) is 0 Å². The van der Waals surface area contributed by atoms with Gasteiger partial charge in [-0.1, -0.05) is 24.5 Å². The second-order valence-electron chi connectivity index (χ2n) is 5.99. The van der Waals surface area contributed by atoms with Crippen molar-refractivity contribution in [3.8, 4) is 0 Å². The summed E-state index contributed by atoms with van der Waals surface area (Å²) in [6.45, 7) is 3.01. The maximum Gasteiger partial charge on any atom is 0.166 e. The van der Waals surface area contributed by atoms with Gasteiger partial charge in [-0.2, -0.15) is 0 Å². The zero-order valence-corrected chi connectivity index (χ0v) is 13.4. The Morgan fingerprint density at radius 3 is 2.95 bits per heavy atom. The molecule has 2 aromatic rings. The number of fused-ring (bicyclic) bond motifs is 1. The summed E-state index contributed by atoms with van der Waals surface area (Å²) in [4.78, 5) is 3.34. The number of thiocarbonyl (C=S) groups is 1. The minimum atomic E-state index is 0.584. The second kappa shape index (κ2) is 6.48.